The van der Waals surface area contributed by atoms with Crippen molar-refractivity contribution in [2.24, 2.45) is 5.41 Å². The maximum absolute atomic E-state index is 10.9. The lowest BCUT2D eigenvalue weighted by atomic mass is 9.89. The van der Waals surface area contributed by atoms with Crippen LogP contribution in [0.4, 0.5) is 0 Å². The Hall–Kier alpha value is -0.610. The molecule has 0 amide bonds. The van der Waals surface area contributed by atoms with Gasteiger partial charge in [0.1, 0.15) is 0 Å². The van der Waals surface area contributed by atoms with Crippen LogP contribution in [0.5, 0.6) is 0 Å². The van der Waals surface area contributed by atoms with Gasteiger partial charge in [-0.15, -0.1) is 0 Å². The number of ether oxygens (including phenoxy) is 1. The third-order valence-corrected chi connectivity index (χ3v) is 2.98. The van der Waals surface area contributed by atoms with Gasteiger partial charge in [-0.05, 0) is 39.7 Å². The summed E-state index contributed by atoms with van der Waals surface area (Å²) in [5, 5.41) is 12.3. The fourth-order valence-corrected chi connectivity index (χ4v) is 1.60. The molecule has 0 aliphatic carbocycles. The average molecular weight is 215 g/mol. The highest BCUT2D eigenvalue weighted by molar-refractivity contribution is 5.73. The Morgan fingerprint density at radius 1 is 1.47 bits per heavy atom. The molecule has 0 radical (unpaired) electrons. The van der Waals surface area contributed by atoms with Crippen molar-refractivity contribution in [3.8, 4) is 0 Å². The van der Waals surface area contributed by atoms with E-state index in [0.29, 0.717) is 12.5 Å². The number of carbonyl (C=O) groups is 1. The van der Waals surface area contributed by atoms with E-state index in [4.69, 9.17) is 9.84 Å². The van der Waals surface area contributed by atoms with Gasteiger partial charge in [0.2, 0.25) is 0 Å². The first kappa shape index (κ1) is 12.5. The minimum absolute atomic E-state index is 0.503. The molecule has 2 N–H and O–H groups in total. The number of rotatable bonds is 5. The van der Waals surface area contributed by atoms with Crippen molar-refractivity contribution in [2.75, 3.05) is 19.8 Å². The predicted octanol–water partition coefficient (Wildman–Crippen LogP) is 1.26. The quantitative estimate of drug-likeness (QED) is 0.724. The minimum atomic E-state index is -0.726. The number of carboxylic acids is 1. The second-order valence-electron chi connectivity index (χ2n) is 4.78. The summed E-state index contributed by atoms with van der Waals surface area (Å²) in [5.41, 5.74) is -0.627. The van der Waals surface area contributed by atoms with Crippen molar-refractivity contribution in [3.05, 3.63) is 0 Å². The zero-order chi connectivity index (χ0) is 11.3. The van der Waals surface area contributed by atoms with E-state index in [1.165, 1.54) is 0 Å². The lowest BCUT2D eigenvalue weighted by Crippen LogP contribution is -2.37. The van der Waals surface area contributed by atoms with Crippen molar-refractivity contribution in [2.45, 2.75) is 39.2 Å². The van der Waals surface area contributed by atoms with Crippen LogP contribution in [0.3, 0.4) is 0 Å². The summed E-state index contributed by atoms with van der Waals surface area (Å²) in [6.07, 6.45) is 2.74. The van der Waals surface area contributed by atoms with Gasteiger partial charge in [-0.2, -0.15) is 0 Å². The summed E-state index contributed by atoms with van der Waals surface area (Å²) in [5.74, 6) is -0.726. The highest BCUT2D eigenvalue weighted by atomic mass is 16.5. The highest BCUT2D eigenvalue weighted by Crippen LogP contribution is 2.19. The maximum Gasteiger partial charge on any atom is 0.309 e. The van der Waals surface area contributed by atoms with Crippen LogP contribution in [0.25, 0.3) is 0 Å². The lowest BCUT2D eigenvalue weighted by Gasteiger charge is -2.25. The monoisotopic (exact) mass is 215 g/mol. The molecule has 0 bridgehead atoms. The van der Waals surface area contributed by atoms with Crippen molar-refractivity contribution in [3.63, 3.8) is 0 Å². The van der Waals surface area contributed by atoms with Gasteiger partial charge in [-0.3, -0.25) is 4.79 Å². The molecule has 1 saturated heterocycles. The van der Waals surface area contributed by atoms with Gasteiger partial charge in [0, 0.05) is 19.3 Å². The molecule has 1 heterocycles. The van der Waals surface area contributed by atoms with Crippen LogP contribution in [-0.2, 0) is 9.53 Å². The molecule has 1 fully saturated rings. The molecule has 0 aromatic carbocycles. The SMILES string of the molecule is CC(C)(CCNC1CCOCC1)C(=O)O. The van der Waals surface area contributed by atoms with E-state index in [9.17, 15) is 4.79 Å². The summed E-state index contributed by atoms with van der Waals surface area (Å²) in [4.78, 5) is 10.9. The number of carboxylic acid groups (broad SMARTS) is 1. The molecule has 4 heteroatoms. The van der Waals surface area contributed by atoms with E-state index in [1.807, 2.05) is 0 Å². The van der Waals surface area contributed by atoms with Crippen LogP contribution in [-0.4, -0.2) is 36.9 Å². The van der Waals surface area contributed by atoms with Crippen molar-refractivity contribution in [1.29, 1.82) is 0 Å². The largest absolute Gasteiger partial charge is 0.481 e. The molecule has 88 valence electrons. The Labute approximate surface area is 91.0 Å². The molecule has 1 aliphatic rings. The average Bonchev–Trinajstić information content (AvgIpc) is 2.19. The Morgan fingerprint density at radius 2 is 2.07 bits per heavy atom. The van der Waals surface area contributed by atoms with Gasteiger partial charge in [0.15, 0.2) is 0 Å². The van der Waals surface area contributed by atoms with Crippen molar-refractivity contribution in [1.82, 2.24) is 5.32 Å². The first-order chi connectivity index (χ1) is 7.02. The highest BCUT2D eigenvalue weighted by Gasteiger charge is 2.26. The Bertz CT molecular complexity index is 210. The van der Waals surface area contributed by atoms with E-state index in [1.54, 1.807) is 13.8 Å². The van der Waals surface area contributed by atoms with Crippen molar-refractivity contribution >= 4 is 5.97 Å². The molecule has 4 nitrogen and oxygen atoms in total. The number of nitrogens with one attached hydrogen (secondary N) is 1. The standard InChI is InChI=1S/C11H21NO3/c1-11(2,10(13)14)5-6-12-9-3-7-15-8-4-9/h9,12H,3-8H2,1-2H3,(H,13,14). The molecule has 0 aromatic heterocycles. The summed E-state index contributed by atoms with van der Waals surface area (Å²) in [6, 6.07) is 0.503. The van der Waals surface area contributed by atoms with Gasteiger partial charge in [-0.25, -0.2) is 0 Å². The second-order valence-corrected chi connectivity index (χ2v) is 4.78. The predicted molar refractivity (Wildman–Crippen MR) is 57.9 cm³/mol. The zero-order valence-corrected chi connectivity index (χ0v) is 9.58. The minimum Gasteiger partial charge on any atom is -0.481 e. The summed E-state index contributed by atoms with van der Waals surface area (Å²) < 4.78 is 5.25. The van der Waals surface area contributed by atoms with Crippen LogP contribution >= 0.6 is 0 Å². The van der Waals surface area contributed by atoms with Gasteiger partial charge in [0.05, 0.1) is 5.41 Å². The number of aliphatic carboxylic acids is 1. The molecule has 0 aromatic rings. The van der Waals surface area contributed by atoms with Crippen LogP contribution in [0.15, 0.2) is 0 Å². The summed E-state index contributed by atoms with van der Waals surface area (Å²) >= 11 is 0. The number of hydrogen-bond acceptors (Lipinski definition) is 3. The first-order valence-corrected chi connectivity index (χ1v) is 5.57. The van der Waals surface area contributed by atoms with Gasteiger partial charge in [-0.1, -0.05) is 0 Å². The van der Waals surface area contributed by atoms with Gasteiger partial charge in [0.25, 0.3) is 0 Å². The van der Waals surface area contributed by atoms with Gasteiger partial charge >= 0.3 is 5.97 Å². The van der Waals surface area contributed by atoms with E-state index >= 15 is 0 Å². The van der Waals surface area contributed by atoms with Crippen LogP contribution in [0.2, 0.25) is 0 Å². The first-order valence-electron chi connectivity index (χ1n) is 5.57. The smallest absolute Gasteiger partial charge is 0.309 e. The summed E-state index contributed by atoms with van der Waals surface area (Å²) in [7, 11) is 0. The van der Waals surface area contributed by atoms with E-state index in [0.717, 1.165) is 32.6 Å². The molecular formula is C11H21NO3. The van der Waals surface area contributed by atoms with E-state index in [2.05, 4.69) is 5.32 Å². The molecular weight excluding hydrogens is 194 g/mol. The molecule has 1 aliphatic heterocycles. The van der Waals surface area contributed by atoms with Crippen LogP contribution in [0.1, 0.15) is 33.1 Å². The second kappa shape index (κ2) is 5.47. The molecule has 0 unspecified atom stereocenters. The Balaban J connectivity index is 2.17. The topological polar surface area (TPSA) is 58.6 Å². The van der Waals surface area contributed by atoms with Crippen molar-refractivity contribution < 1.29 is 14.6 Å². The molecule has 0 atom stereocenters. The Morgan fingerprint density at radius 3 is 2.60 bits per heavy atom. The number of hydrogen-bond donors (Lipinski definition) is 2. The molecule has 1 rings (SSSR count). The zero-order valence-electron chi connectivity index (χ0n) is 9.58. The van der Waals surface area contributed by atoms with E-state index in [-0.39, 0.29) is 0 Å². The summed E-state index contributed by atoms with van der Waals surface area (Å²) in [6.45, 7) is 5.94. The fraction of sp³-hybridized carbons (Fsp3) is 0.909. The third-order valence-electron chi connectivity index (χ3n) is 2.98. The molecule has 15 heavy (non-hydrogen) atoms. The van der Waals surface area contributed by atoms with E-state index < -0.39 is 11.4 Å². The van der Waals surface area contributed by atoms with Crippen LogP contribution in [0, 0.1) is 5.41 Å². The third kappa shape index (κ3) is 4.18. The Kier molecular flexibility index (Phi) is 4.54. The van der Waals surface area contributed by atoms with Gasteiger partial charge < -0.3 is 15.2 Å². The fourth-order valence-electron chi connectivity index (χ4n) is 1.60. The normalized spacial score (nSPS) is 19.1. The van der Waals surface area contributed by atoms with Crippen LogP contribution < -0.4 is 5.32 Å². The molecule has 0 saturated carbocycles. The lowest BCUT2D eigenvalue weighted by molar-refractivity contribution is -0.147. The maximum atomic E-state index is 10.9. The molecule has 0 spiro atoms.